The van der Waals surface area contributed by atoms with Crippen molar-refractivity contribution in [3.63, 3.8) is 0 Å². The van der Waals surface area contributed by atoms with Crippen LogP contribution in [-0.2, 0) is 4.79 Å². The molecule has 0 bridgehead atoms. The minimum Gasteiger partial charge on any atom is -0.339 e. The Balaban J connectivity index is 2.29. The molecule has 0 aliphatic heterocycles. The SMILES string of the molecule is CCN(C(=O)CSCCCN)C1CCCCC1. The van der Waals surface area contributed by atoms with E-state index in [-0.39, 0.29) is 0 Å². The molecule has 1 fully saturated rings. The Kier molecular flexibility index (Phi) is 7.69. The van der Waals surface area contributed by atoms with Crippen molar-refractivity contribution in [2.75, 3.05) is 24.6 Å². The summed E-state index contributed by atoms with van der Waals surface area (Å²) in [6, 6.07) is 0.511. The zero-order valence-corrected chi connectivity index (χ0v) is 11.8. The van der Waals surface area contributed by atoms with Gasteiger partial charge < -0.3 is 10.6 Å². The molecule has 0 aromatic carbocycles. The van der Waals surface area contributed by atoms with Crippen molar-refractivity contribution in [1.82, 2.24) is 4.90 Å². The number of hydrogen-bond donors (Lipinski definition) is 1. The predicted octanol–water partition coefficient (Wildman–Crippen LogP) is 2.25. The topological polar surface area (TPSA) is 46.3 Å². The van der Waals surface area contributed by atoms with Gasteiger partial charge in [-0.25, -0.2) is 0 Å². The number of thioether (sulfide) groups is 1. The first kappa shape index (κ1) is 14.8. The van der Waals surface area contributed by atoms with Crippen LogP contribution in [0.1, 0.15) is 45.4 Å². The molecule has 1 aliphatic carbocycles. The largest absolute Gasteiger partial charge is 0.339 e. The van der Waals surface area contributed by atoms with Crippen LogP contribution in [0.5, 0.6) is 0 Å². The monoisotopic (exact) mass is 258 g/mol. The van der Waals surface area contributed by atoms with Crippen LogP contribution >= 0.6 is 11.8 Å². The van der Waals surface area contributed by atoms with Crippen molar-refractivity contribution in [2.45, 2.75) is 51.5 Å². The fourth-order valence-electron chi connectivity index (χ4n) is 2.46. The van der Waals surface area contributed by atoms with E-state index in [2.05, 4.69) is 11.8 Å². The van der Waals surface area contributed by atoms with E-state index in [9.17, 15) is 4.79 Å². The lowest BCUT2D eigenvalue weighted by atomic mass is 9.94. The third kappa shape index (κ3) is 5.30. The van der Waals surface area contributed by atoms with E-state index in [0.29, 0.717) is 17.7 Å². The van der Waals surface area contributed by atoms with E-state index in [4.69, 9.17) is 5.73 Å². The van der Waals surface area contributed by atoms with E-state index >= 15 is 0 Å². The second kappa shape index (κ2) is 8.81. The average Bonchev–Trinajstić information content (AvgIpc) is 2.37. The van der Waals surface area contributed by atoms with Gasteiger partial charge in [0.2, 0.25) is 5.91 Å². The first-order chi connectivity index (χ1) is 8.29. The van der Waals surface area contributed by atoms with Crippen LogP contribution < -0.4 is 5.73 Å². The fourth-order valence-corrected chi connectivity index (χ4v) is 3.31. The highest BCUT2D eigenvalue weighted by Crippen LogP contribution is 2.23. The molecule has 0 atom stereocenters. The molecule has 3 nitrogen and oxygen atoms in total. The van der Waals surface area contributed by atoms with Gasteiger partial charge in [-0.1, -0.05) is 19.3 Å². The van der Waals surface area contributed by atoms with E-state index in [1.807, 2.05) is 0 Å². The Morgan fingerprint density at radius 2 is 2.06 bits per heavy atom. The number of carbonyl (C=O) groups is 1. The summed E-state index contributed by atoms with van der Waals surface area (Å²) in [6.45, 7) is 3.68. The Morgan fingerprint density at radius 1 is 1.35 bits per heavy atom. The quantitative estimate of drug-likeness (QED) is 0.712. The van der Waals surface area contributed by atoms with Gasteiger partial charge in [-0.05, 0) is 38.5 Å². The summed E-state index contributed by atoms with van der Waals surface area (Å²) >= 11 is 1.72. The van der Waals surface area contributed by atoms with E-state index in [1.165, 1.54) is 32.1 Å². The molecule has 4 heteroatoms. The molecule has 0 unspecified atom stereocenters. The molecule has 0 aromatic heterocycles. The molecular formula is C13H26N2OS. The molecule has 1 saturated carbocycles. The molecule has 2 N–H and O–H groups in total. The number of nitrogens with two attached hydrogens (primary N) is 1. The lowest BCUT2D eigenvalue weighted by Gasteiger charge is -2.33. The van der Waals surface area contributed by atoms with Gasteiger partial charge in [-0.15, -0.1) is 0 Å². The molecule has 0 saturated heterocycles. The van der Waals surface area contributed by atoms with Crippen LogP contribution in [0.15, 0.2) is 0 Å². The minimum atomic E-state index is 0.321. The summed E-state index contributed by atoms with van der Waals surface area (Å²) in [7, 11) is 0. The molecule has 0 heterocycles. The Bertz CT molecular complexity index is 217. The number of nitrogens with zero attached hydrogens (tertiary/aromatic N) is 1. The van der Waals surface area contributed by atoms with Crippen LogP contribution in [0.4, 0.5) is 0 Å². The van der Waals surface area contributed by atoms with Crippen molar-refractivity contribution in [3.8, 4) is 0 Å². The molecule has 0 spiro atoms. The van der Waals surface area contributed by atoms with Crippen LogP contribution in [0.3, 0.4) is 0 Å². The summed E-state index contributed by atoms with van der Waals surface area (Å²) in [4.78, 5) is 14.2. The van der Waals surface area contributed by atoms with Crippen LogP contribution in [0.2, 0.25) is 0 Å². The molecular weight excluding hydrogens is 232 g/mol. The van der Waals surface area contributed by atoms with Crippen LogP contribution in [-0.4, -0.2) is 41.4 Å². The van der Waals surface area contributed by atoms with Gasteiger partial charge in [0, 0.05) is 12.6 Å². The molecule has 1 aliphatic rings. The zero-order chi connectivity index (χ0) is 12.5. The lowest BCUT2D eigenvalue weighted by molar-refractivity contribution is -0.131. The second-order valence-electron chi connectivity index (χ2n) is 4.67. The highest BCUT2D eigenvalue weighted by atomic mass is 32.2. The fraction of sp³-hybridized carbons (Fsp3) is 0.923. The lowest BCUT2D eigenvalue weighted by Crippen LogP contribution is -2.42. The predicted molar refractivity (Wildman–Crippen MR) is 75.3 cm³/mol. The number of carbonyl (C=O) groups excluding carboxylic acids is 1. The normalized spacial score (nSPS) is 17.1. The zero-order valence-electron chi connectivity index (χ0n) is 11.0. The van der Waals surface area contributed by atoms with Crippen molar-refractivity contribution in [3.05, 3.63) is 0 Å². The van der Waals surface area contributed by atoms with Gasteiger partial charge in [0.15, 0.2) is 0 Å². The molecule has 0 aromatic rings. The first-order valence-corrected chi connectivity index (χ1v) is 8.02. The molecule has 1 amide bonds. The van der Waals surface area contributed by atoms with Crippen LogP contribution in [0.25, 0.3) is 0 Å². The summed E-state index contributed by atoms with van der Waals surface area (Å²) in [6.07, 6.45) is 7.32. The van der Waals surface area contributed by atoms with E-state index < -0.39 is 0 Å². The number of rotatable bonds is 7. The van der Waals surface area contributed by atoms with Crippen molar-refractivity contribution in [1.29, 1.82) is 0 Å². The van der Waals surface area contributed by atoms with Gasteiger partial charge in [0.1, 0.15) is 0 Å². The summed E-state index contributed by atoms with van der Waals surface area (Å²) < 4.78 is 0. The van der Waals surface area contributed by atoms with Crippen molar-refractivity contribution >= 4 is 17.7 Å². The maximum Gasteiger partial charge on any atom is 0.232 e. The number of hydrogen-bond acceptors (Lipinski definition) is 3. The smallest absolute Gasteiger partial charge is 0.232 e. The van der Waals surface area contributed by atoms with Gasteiger partial charge in [-0.2, -0.15) is 11.8 Å². The van der Waals surface area contributed by atoms with Gasteiger partial charge in [0.25, 0.3) is 0 Å². The van der Waals surface area contributed by atoms with Gasteiger partial charge in [0.05, 0.1) is 5.75 Å². The second-order valence-corrected chi connectivity index (χ2v) is 5.77. The number of amides is 1. The highest BCUT2D eigenvalue weighted by molar-refractivity contribution is 7.99. The van der Waals surface area contributed by atoms with Crippen molar-refractivity contribution < 1.29 is 4.79 Å². The summed E-state index contributed by atoms with van der Waals surface area (Å²) in [5, 5.41) is 0. The summed E-state index contributed by atoms with van der Waals surface area (Å²) in [5.41, 5.74) is 5.44. The minimum absolute atomic E-state index is 0.321. The van der Waals surface area contributed by atoms with Gasteiger partial charge >= 0.3 is 0 Å². The standard InChI is InChI=1S/C13H26N2OS/c1-2-15(12-7-4-3-5-8-12)13(16)11-17-10-6-9-14/h12H,2-11,14H2,1H3. The molecule has 17 heavy (non-hydrogen) atoms. The third-order valence-corrected chi connectivity index (χ3v) is 4.42. The average molecular weight is 258 g/mol. The Hall–Kier alpha value is -0.220. The Labute approximate surface area is 109 Å². The van der Waals surface area contributed by atoms with Crippen LogP contribution in [0, 0.1) is 0 Å². The molecule has 1 rings (SSSR count). The maximum absolute atomic E-state index is 12.1. The molecule has 0 radical (unpaired) electrons. The maximum atomic E-state index is 12.1. The Morgan fingerprint density at radius 3 is 2.65 bits per heavy atom. The van der Waals surface area contributed by atoms with Crippen molar-refractivity contribution in [2.24, 2.45) is 5.73 Å². The third-order valence-electron chi connectivity index (χ3n) is 3.39. The molecule has 100 valence electrons. The van der Waals surface area contributed by atoms with E-state index in [1.54, 1.807) is 11.8 Å². The first-order valence-electron chi connectivity index (χ1n) is 6.86. The van der Waals surface area contributed by atoms with Gasteiger partial charge in [-0.3, -0.25) is 4.79 Å². The highest BCUT2D eigenvalue weighted by Gasteiger charge is 2.23. The van der Waals surface area contributed by atoms with E-state index in [0.717, 1.165) is 25.3 Å². The summed E-state index contributed by atoms with van der Waals surface area (Å²) in [5.74, 6) is 1.95.